The number of aromatic nitrogens is 2. The summed E-state index contributed by atoms with van der Waals surface area (Å²) in [4.78, 5) is 2.44. The molecule has 1 aliphatic carbocycles. The molecule has 0 amide bonds. The molecule has 4 heteroatoms. The zero-order chi connectivity index (χ0) is 11.7. The van der Waals surface area contributed by atoms with Gasteiger partial charge in [0.05, 0.1) is 5.60 Å². The van der Waals surface area contributed by atoms with Crippen molar-refractivity contribution in [2.24, 2.45) is 5.92 Å². The normalized spacial score (nSPS) is 34.5. The molecule has 1 aliphatic heterocycles. The Balaban J connectivity index is 1.63. The molecule has 2 fully saturated rings. The fraction of sp³-hybridized carbons (Fsp3) is 0.769. The summed E-state index contributed by atoms with van der Waals surface area (Å²) in [5.74, 6) is 0.480. The van der Waals surface area contributed by atoms with Crippen LogP contribution in [0.15, 0.2) is 12.3 Å². The number of aromatic amines is 1. The quantitative estimate of drug-likeness (QED) is 0.817. The first-order chi connectivity index (χ1) is 8.26. The molecule has 17 heavy (non-hydrogen) atoms. The van der Waals surface area contributed by atoms with Crippen molar-refractivity contribution in [3.63, 3.8) is 0 Å². The fourth-order valence-corrected chi connectivity index (χ4v) is 3.40. The van der Waals surface area contributed by atoms with E-state index in [4.69, 9.17) is 0 Å². The Bertz CT molecular complexity index is 365. The van der Waals surface area contributed by atoms with Gasteiger partial charge in [-0.1, -0.05) is 12.8 Å². The van der Waals surface area contributed by atoms with E-state index >= 15 is 0 Å². The molecule has 2 atom stereocenters. The lowest BCUT2D eigenvalue weighted by Crippen LogP contribution is -2.52. The lowest BCUT2D eigenvalue weighted by molar-refractivity contribution is -0.0969. The molecule has 0 aromatic carbocycles. The van der Waals surface area contributed by atoms with Crippen LogP contribution in [0.5, 0.6) is 0 Å². The number of H-pyrrole nitrogens is 1. The molecular formula is C13H21N3O. The van der Waals surface area contributed by atoms with E-state index in [1.54, 1.807) is 6.20 Å². The van der Waals surface area contributed by atoms with Crippen LogP contribution in [0.2, 0.25) is 0 Å². The molecule has 2 N–H and O–H groups in total. The molecule has 1 saturated carbocycles. The Labute approximate surface area is 102 Å². The Kier molecular flexibility index (Phi) is 2.92. The summed E-state index contributed by atoms with van der Waals surface area (Å²) in [6.45, 7) is 2.98. The number of aliphatic hydroxyl groups is 1. The van der Waals surface area contributed by atoms with E-state index in [-0.39, 0.29) is 5.60 Å². The number of nitrogens with zero attached hydrogens (tertiary/aromatic N) is 2. The van der Waals surface area contributed by atoms with Crippen molar-refractivity contribution in [1.82, 2.24) is 15.1 Å². The van der Waals surface area contributed by atoms with E-state index < -0.39 is 0 Å². The summed E-state index contributed by atoms with van der Waals surface area (Å²) in [5, 5.41) is 17.6. The van der Waals surface area contributed by atoms with Crippen molar-refractivity contribution in [3.8, 4) is 0 Å². The van der Waals surface area contributed by atoms with Crippen LogP contribution in [0, 0.1) is 5.92 Å². The predicted octanol–water partition coefficient (Wildman–Crippen LogP) is 1.54. The Morgan fingerprint density at radius 3 is 3.24 bits per heavy atom. The zero-order valence-electron chi connectivity index (χ0n) is 10.2. The van der Waals surface area contributed by atoms with E-state index in [0.717, 1.165) is 32.5 Å². The van der Waals surface area contributed by atoms with Gasteiger partial charge in [0, 0.05) is 37.4 Å². The molecule has 2 aliphatic rings. The number of piperidine rings is 1. The number of likely N-dealkylation sites (tertiary alicyclic amines) is 1. The van der Waals surface area contributed by atoms with Crippen LogP contribution >= 0.6 is 0 Å². The van der Waals surface area contributed by atoms with Gasteiger partial charge < -0.3 is 5.11 Å². The number of rotatable bonds is 2. The van der Waals surface area contributed by atoms with Crippen LogP contribution in [0.25, 0.3) is 0 Å². The first-order valence-corrected chi connectivity index (χ1v) is 6.69. The van der Waals surface area contributed by atoms with Gasteiger partial charge in [0.25, 0.3) is 0 Å². The van der Waals surface area contributed by atoms with Gasteiger partial charge in [-0.3, -0.25) is 10.00 Å². The molecule has 1 saturated heterocycles. The largest absolute Gasteiger partial charge is 0.390 e. The maximum Gasteiger partial charge on any atom is 0.0700 e. The van der Waals surface area contributed by atoms with Gasteiger partial charge in [-0.15, -0.1) is 0 Å². The Morgan fingerprint density at radius 1 is 1.47 bits per heavy atom. The smallest absolute Gasteiger partial charge is 0.0700 e. The van der Waals surface area contributed by atoms with Gasteiger partial charge in [0.1, 0.15) is 0 Å². The van der Waals surface area contributed by atoms with Crippen molar-refractivity contribution < 1.29 is 5.11 Å². The van der Waals surface area contributed by atoms with Crippen LogP contribution in [-0.4, -0.2) is 38.9 Å². The minimum absolute atomic E-state index is 0.358. The van der Waals surface area contributed by atoms with Gasteiger partial charge in [-0.2, -0.15) is 5.10 Å². The number of fused-ring (bicyclic) bond motifs is 1. The van der Waals surface area contributed by atoms with Gasteiger partial charge >= 0.3 is 0 Å². The summed E-state index contributed by atoms with van der Waals surface area (Å²) < 4.78 is 0. The molecule has 94 valence electrons. The molecule has 3 rings (SSSR count). The second kappa shape index (κ2) is 4.42. The lowest BCUT2D eigenvalue weighted by atomic mass is 9.71. The minimum atomic E-state index is -0.358. The average Bonchev–Trinajstić information content (AvgIpc) is 2.82. The van der Waals surface area contributed by atoms with Crippen LogP contribution in [0.4, 0.5) is 0 Å². The third kappa shape index (κ3) is 2.24. The summed E-state index contributed by atoms with van der Waals surface area (Å²) in [7, 11) is 0. The predicted molar refractivity (Wildman–Crippen MR) is 65.4 cm³/mol. The molecule has 1 aromatic heterocycles. The fourth-order valence-electron chi connectivity index (χ4n) is 3.40. The van der Waals surface area contributed by atoms with E-state index in [2.05, 4.69) is 15.1 Å². The van der Waals surface area contributed by atoms with E-state index in [1.165, 1.54) is 25.0 Å². The number of nitrogens with one attached hydrogen (secondary N) is 1. The van der Waals surface area contributed by atoms with Gasteiger partial charge in [0.2, 0.25) is 0 Å². The summed E-state index contributed by atoms with van der Waals surface area (Å²) >= 11 is 0. The van der Waals surface area contributed by atoms with Crippen molar-refractivity contribution in [2.75, 3.05) is 13.1 Å². The first-order valence-electron chi connectivity index (χ1n) is 6.69. The molecular weight excluding hydrogens is 214 g/mol. The maximum absolute atomic E-state index is 10.6. The highest BCUT2D eigenvalue weighted by Crippen LogP contribution is 2.39. The van der Waals surface area contributed by atoms with Crippen LogP contribution < -0.4 is 0 Å². The maximum atomic E-state index is 10.6. The minimum Gasteiger partial charge on any atom is -0.390 e. The summed E-state index contributed by atoms with van der Waals surface area (Å²) in [5.41, 5.74) is 0.814. The van der Waals surface area contributed by atoms with Crippen LogP contribution in [0.3, 0.4) is 0 Å². The van der Waals surface area contributed by atoms with E-state index in [1.807, 2.05) is 6.07 Å². The Hall–Kier alpha value is -0.870. The monoisotopic (exact) mass is 235 g/mol. The van der Waals surface area contributed by atoms with Gasteiger partial charge in [-0.05, 0) is 25.3 Å². The average molecular weight is 235 g/mol. The number of hydrogen-bond donors (Lipinski definition) is 2. The summed E-state index contributed by atoms with van der Waals surface area (Å²) in [6, 6.07) is 2.03. The highest BCUT2D eigenvalue weighted by atomic mass is 16.3. The van der Waals surface area contributed by atoms with Crippen LogP contribution in [0.1, 0.15) is 37.8 Å². The third-order valence-electron chi connectivity index (χ3n) is 4.46. The molecule has 2 heterocycles. The molecule has 0 radical (unpaired) electrons. The van der Waals surface area contributed by atoms with Gasteiger partial charge in [-0.25, -0.2) is 0 Å². The highest BCUT2D eigenvalue weighted by molar-refractivity contribution is 5.00. The topological polar surface area (TPSA) is 52.1 Å². The zero-order valence-corrected chi connectivity index (χ0v) is 10.2. The molecule has 0 bridgehead atoms. The number of hydrogen-bond acceptors (Lipinski definition) is 3. The third-order valence-corrected chi connectivity index (χ3v) is 4.46. The van der Waals surface area contributed by atoms with Crippen molar-refractivity contribution in [2.45, 2.75) is 44.2 Å². The molecule has 0 spiro atoms. The standard InChI is InChI=1S/C13H21N3O/c17-13-5-2-1-3-11(13)9-16(8-6-13)10-12-4-7-14-15-12/h4,7,11,17H,1-3,5-6,8-10H2,(H,14,15). The lowest BCUT2D eigenvalue weighted by Gasteiger charge is -2.47. The van der Waals surface area contributed by atoms with Crippen molar-refractivity contribution >= 4 is 0 Å². The second-order valence-corrected chi connectivity index (χ2v) is 5.61. The SMILES string of the molecule is OC12CCCCC1CN(Cc1ccn[nH]1)CC2. The Morgan fingerprint density at radius 2 is 2.41 bits per heavy atom. The van der Waals surface area contributed by atoms with Crippen molar-refractivity contribution in [1.29, 1.82) is 0 Å². The van der Waals surface area contributed by atoms with Crippen molar-refractivity contribution in [3.05, 3.63) is 18.0 Å². The molecule has 2 unspecified atom stereocenters. The van der Waals surface area contributed by atoms with E-state index in [0.29, 0.717) is 5.92 Å². The van der Waals surface area contributed by atoms with E-state index in [9.17, 15) is 5.11 Å². The van der Waals surface area contributed by atoms with Gasteiger partial charge in [0.15, 0.2) is 0 Å². The second-order valence-electron chi connectivity index (χ2n) is 5.61. The molecule has 4 nitrogen and oxygen atoms in total. The highest BCUT2D eigenvalue weighted by Gasteiger charge is 2.42. The van der Waals surface area contributed by atoms with Crippen LogP contribution in [-0.2, 0) is 6.54 Å². The summed E-state index contributed by atoms with van der Waals surface area (Å²) in [6.07, 6.45) is 7.42. The first kappa shape index (κ1) is 11.2. The molecule has 1 aromatic rings.